The molecule has 1 aromatic heterocycles. The van der Waals surface area contributed by atoms with Gasteiger partial charge < -0.3 is 10.6 Å². The molecule has 2 rings (SSSR count). The van der Waals surface area contributed by atoms with Gasteiger partial charge in [0.05, 0.1) is 11.9 Å². The van der Waals surface area contributed by atoms with Crippen LogP contribution >= 0.6 is 0 Å². The molecular weight excluding hydrogens is 256 g/mol. The number of rotatable bonds is 4. The van der Waals surface area contributed by atoms with Crippen LogP contribution in [-0.4, -0.2) is 28.1 Å². The summed E-state index contributed by atoms with van der Waals surface area (Å²) in [6, 6.07) is 0. The number of anilines is 1. The molecule has 6 nitrogen and oxygen atoms in total. The summed E-state index contributed by atoms with van der Waals surface area (Å²) in [5.41, 5.74) is 0.535. The first-order valence-corrected chi connectivity index (χ1v) is 6.95. The van der Waals surface area contributed by atoms with E-state index < -0.39 is 11.8 Å². The number of allylic oxidation sites excluding steroid dienone is 2. The second kappa shape index (κ2) is 6.88. The number of carbonyl (C=O) groups excluding carboxylic acids is 2. The van der Waals surface area contributed by atoms with Crippen molar-refractivity contribution in [1.82, 2.24) is 15.1 Å². The minimum absolute atomic E-state index is 0.430. The largest absolute Gasteiger partial charge is 0.348 e. The summed E-state index contributed by atoms with van der Waals surface area (Å²) >= 11 is 0. The maximum Gasteiger partial charge on any atom is 0.313 e. The van der Waals surface area contributed by atoms with Gasteiger partial charge in [-0.3, -0.25) is 14.3 Å². The number of hydrogen-bond acceptors (Lipinski definition) is 3. The Morgan fingerprint density at radius 1 is 1.40 bits per heavy atom. The average molecular weight is 276 g/mol. The summed E-state index contributed by atoms with van der Waals surface area (Å²) in [5, 5.41) is 9.25. The van der Waals surface area contributed by atoms with Gasteiger partial charge in [0.25, 0.3) is 0 Å². The van der Waals surface area contributed by atoms with Gasteiger partial charge in [-0.05, 0) is 32.1 Å². The van der Waals surface area contributed by atoms with E-state index in [4.69, 9.17) is 0 Å². The molecule has 1 atom stereocenters. The Kier molecular flexibility index (Phi) is 4.92. The van der Waals surface area contributed by atoms with E-state index in [1.54, 1.807) is 10.9 Å². The van der Waals surface area contributed by atoms with Gasteiger partial charge in [0.2, 0.25) is 0 Å². The first-order valence-electron chi connectivity index (χ1n) is 6.95. The van der Waals surface area contributed by atoms with Crippen molar-refractivity contribution in [1.29, 1.82) is 0 Å². The molecule has 0 bridgehead atoms. The van der Waals surface area contributed by atoms with Crippen LogP contribution in [-0.2, 0) is 16.1 Å². The van der Waals surface area contributed by atoms with Crippen molar-refractivity contribution < 1.29 is 9.59 Å². The lowest BCUT2D eigenvalue weighted by Gasteiger charge is -2.17. The van der Waals surface area contributed by atoms with Gasteiger partial charge in [-0.2, -0.15) is 5.10 Å². The highest BCUT2D eigenvalue weighted by atomic mass is 16.2. The van der Waals surface area contributed by atoms with Crippen LogP contribution in [0.3, 0.4) is 0 Å². The third kappa shape index (κ3) is 3.94. The lowest BCUT2D eigenvalue weighted by Crippen LogP contribution is -2.38. The normalized spacial score (nSPS) is 17.8. The Balaban J connectivity index is 1.76. The smallest absolute Gasteiger partial charge is 0.313 e. The van der Waals surface area contributed by atoms with Crippen LogP contribution in [0, 0.1) is 5.92 Å². The Labute approximate surface area is 118 Å². The zero-order valence-electron chi connectivity index (χ0n) is 11.6. The van der Waals surface area contributed by atoms with E-state index in [0.29, 0.717) is 18.2 Å². The number of hydrogen-bond donors (Lipinski definition) is 2. The van der Waals surface area contributed by atoms with Gasteiger partial charge in [0.15, 0.2) is 0 Å². The van der Waals surface area contributed by atoms with E-state index in [1.807, 2.05) is 6.92 Å². The van der Waals surface area contributed by atoms with E-state index in [9.17, 15) is 9.59 Å². The fourth-order valence-electron chi connectivity index (χ4n) is 2.15. The van der Waals surface area contributed by atoms with Crippen molar-refractivity contribution in [2.75, 3.05) is 11.9 Å². The zero-order valence-corrected chi connectivity index (χ0v) is 11.6. The molecule has 6 heteroatoms. The summed E-state index contributed by atoms with van der Waals surface area (Å²) in [4.78, 5) is 23.4. The Hall–Kier alpha value is -2.11. The molecule has 0 spiro atoms. The number of aromatic nitrogens is 2. The lowest BCUT2D eigenvalue weighted by atomic mass is 9.94. The predicted molar refractivity (Wildman–Crippen MR) is 76.0 cm³/mol. The summed E-state index contributed by atoms with van der Waals surface area (Å²) < 4.78 is 1.68. The predicted octanol–water partition coefficient (Wildman–Crippen LogP) is 1.31. The maximum absolute atomic E-state index is 11.7. The topological polar surface area (TPSA) is 76.0 Å². The molecule has 0 aromatic carbocycles. The molecular formula is C14H20N4O2. The highest BCUT2D eigenvalue weighted by Gasteiger charge is 2.17. The Bertz CT molecular complexity index is 507. The first-order chi connectivity index (χ1) is 9.69. The number of carbonyl (C=O) groups is 2. The molecule has 1 heterocycles. The molecule has 1 aliphatic carbocycles. The summed E-state index contributed by atoms with van der Waals surface area (Å²) in [5.74, 6) is -0.810. The molecule has 1 aliphatic rings. The summed E-state index contributed by atoms with van der Waals surface area (Å²) in [6.07, 6.45) is 10.6. The van der Waals surface area contributed by atoms with Crippen molar-refractivity contribution in [2.24, 2.45) is 5.92 Å². The average Bonchev–Trinajstić information content (AvgIpc) is 2.93. The van der Waals surface area contributed by atoms with E-state index >= 15 is 0 Å². The van der Waals surface area contributed by atoms with Crippen LogP contribution in [0.25, 0.3) is 0 Å². The highest BCUT2D eigenvalue weighted by Crippen LogP contribution is 2.16. The molecule has 1 aromatic rings. The molecule has 108 valence electrons. The number of nitrogens with zero attached hydrogens (tertiary/aromatic N) is 2. The van der Waals surface area contributed by atoms with Gasteiger partial charge in [-0.15, -0.1) is 0 Å². The van der Waals surface area contributed by atoms with Crippen molar-refractivity contribution >= 4 is 17.5 Å². The molecule has 0 saturated heterocycles. The first kappa shape index (κ1) is 14.3. The number of amides is 2. The number of nitrogens with one attached hydrogen (secondary N) is 2. The van der Waals surface area contributed by atoms with E-state index in [2.05, 4.69) is 27.9 Å². The second-order valence-electron chi connectivity index (χ2n) is 4.90. The second-order valence-corrected chi connectivity index (χ2v) is 4.90. The minimum Gasteiger partial charge on any atom is -0.348 e. The van der Waals surface area contributed by atoms with Gasteiger partial charge >= 0.3 is 11.8 Å². The lowest BCUT2D eigenvalue weighted by molar-refractivity contribution is -0.136. The molecule has 0 radical (unpaired) electrons. The summed E-state index contributed by atoms with van der Waals surface area (Å²) in [6.45, 7) is 3.21. The van der Waals surface area contributed by atoms with Crippen LogP contribution in [0.2, 0.25) is 0 Å². The molecule has 20 heavy (non-hydrogen) atoms. The highest BCUT2D eigenvalue weighted by molar-refractivity contribution is 6.39. The van der Waals surface area contributed by atoms with Crippen LogP contribution < -0.4 is 10.6 Å². The quantitative estimate of drug-likeness (QED) is 0.643. The van der Waals surface area contributed by atoms with Gasteiger partial charge in [0, 0.05) is 19.3 Å². The maximum atomic E-state index is 11.7. The number of aryl methyl sites for hydroxylation is 1. The van der Waals surface area contributed by atoms with E-state index in [0.717, 1.165) is 25.8 Å². The molecule has 2 amide bonds. The van der Waals surface area contributed by atoms with Gasteiger partial charge in [0.1, 0.15) is 0 Å². The third-order valence-corrected chi connectivity index (χ3v) is 3.35. The Morgan fingerprint density at radius 3 is 2.90 bits per heavy atom. The van der Waals surface area contributed by atoms with Crippen molar-refractivity contribution in [3.05, 3.63) is 24.5 Å². The van der Waals surface area contributed by atoms with Crippen LogP contribution in [0.4, 0.5) is 5.69 Å². The van der Waals surface area contributed by atoms with E-state index in [1.165, 1.54) is 6.20 Å². The minimum atomic E-state index is -0.646. The van der Waals surface area contributed by atoms with Crippen LogP contribution in [0.1, 0.15) is 26.2 Å². The Morgan fingerprint density at radius 2 is 2.25 bits per heavy atom. The summed E-state index contributed by atoms with van der Waals surface area (Å²) in [7, 11) is 0. The molecule has 0 fully saturated rings. The fourth-order valence-corrected chi connectivity index (χ4v) is 2.15. The van der Waals surface area contributed by atoms with Crippen molar-refractivity contribution in [3.63, 3.8) is 0 Å². The van der Waals surface area contributed by atoms with Crippen molar-refractivity contribution in [3.8, 4) is 0 Å². The molecule has 1 unspecified atom stereocenters. The molecule has 0 saturated carbocycles. The van der Waals surface area contributed by atoms with E-state index in [-0.39, 0.29) is 0 Å². The van der Waals surface area contributed by atoms with Crippen molar-refractivity contribution in [2.45, 2.75) is 32.7 Å². The molecule has 0 aliphatic heterocycles. The zero-order chi connectivity index (χ0) is 14.4. The van der Waals surface area contributed by atoms with Crippen LogP contribution in [0.5, 0.6) is 0 Å². The third-order valence-electron chi connectivity index (χ3n) is 3.35. The van der Waals surface area contributed by atoms with Gasteiger partial charge in [-0.1, -0.05) is 12.2 Å². The van der Waals surface area contributed by atoms with Crippen LogP contribution in [0.15, 0.2) is 24.5 Å². The fraction of sp³-hybridized carbons (Fsp3) is 0.500. The standard InChI is InChI=1S/C14H20N4O2/c1-2-18-10-12(9-16-18)17-14(20)13(19)15-8-11-6-4-3-5-7-11/h3-4,9-11H,2,5-8H2,1H3,(H,15,19)(H,17,20). The SMILES string of the molecule is CCn1cc(NC(=O)C(=O)NCC2CC=CCC2)cn1. The van der Waals surface area contributed by atoms with Gasteiger partial charge in [-0.25, -0.2) is 0 Å². The molecule has 2 N–H and O–H groups in total. The monoisotopic (exact) mass is 276 g/mol.